The summed E-state index contributed by atoms with van der Waals surface area (Å²) in [5.74, 6) is 0.341. The first-order valence-corrected chi connectivity index (χ1v) is 8.69. The molecule has 0 unspecified atom stereocenters. The Morgan fingerprint density at radius 1 is 0.950 bits per heavy atom. The van der Waals surface area contributed by atoms with Gasteiger partial charge in [0.1, 0.15) is 0 Å². The van der Waals surface area contributed by atoms with Gasteiger partial charge in [0.25, 0.3) is 0 Å². The van der Waals surface area contributed by atoms with Crippen molar-refractivity contribution in [3.05, 3.63) is 0 Å². The minimum Gasteiger partial charge on any atom is -0.343 e. The first-order valence-electron chi connectivity index (χ1n) is 8.69. The molecule has 2 rings (SSSR count). The summed E-state index contributed by atoms with van der Waals surface area (Å²) in [6, 6.07) is 0. The summed E-state index contributed by atoms with van der Waals surface area (Å²) in [7, 11) is 0. The normalized spacial score (nSPS) is 22.3. The van der Waals surface area contributed by atoms with Gasteiger partial charge in [-0.1, -0.05) is 27.7 Å². The molecule has 0 bridgehead atoms. The standard InChI is InChI=1S/C15H28N2O.C2H6/c1-3-9-16-10-5-15(6-11-16)7-12-17(13-8-15)14(18)4-2;1-2/h3-13H2,1-2H3;1-2H3. The molecule has 0 atom stereocenters. The lowest BCUT2D eigenvalue weighted by Crippen LogP contribution is -2.48. The zero-order valence-corrected chi connectivity index (χ0v) is 14.1. The van der Waals surface area contributed by atoms with Gasteiger partial charge in [-0.3, -0.25) is 4.79 Å². The van der Waals surface area contributed by atoms with Crippen molar-refractivity contribution in [2.45, 2.75) is 66.2 Å². The van der Waals surface area contributed by atoms with Crippen molar-refractivity contribution in [2.75, 3.05) is 32.7 Å². The monoisotopic (exact) mass is 282 g/mol. The number of rotatable bonds is 3. The van der Waals surface area contributed by atoms with Crippen LogP contribution in [0.5, 0.6) is 0 Å². The molecule has 2 aliphatic heterocycles. The molecule has 3 heteroatoms. The first-order chi connectivity index (χ1) is 9.69. The van der Waals surface area contributed by atoms with Crippen LogP contribution in [0, 0.1) is 5.41 Å². The number of carbonyl (C=O) groups excluding carboxylic acids is 1. The van der Waals surface area contributed by atoms with Gasteiger partial charge in [-0.05, 0) is 57.2 Å². The molecular formula is C17H34N2O. The van der Waals surface area contributed by atoms with Crippen LogP contribution in [0.3, 0.4) is 0 Å². The molecule has 3 nitrogen and oxygen atoms in total. The average Bonchev–Trinajstić information content (AvgIpc) is 2.52. The van der Waals surface area contributed by atoms with E-state index in [-0.39, 0.29) is 0 Å². The summed E-state index contributed by atoms with van der Waals surface area (Å²) in [6.07, 6.45) is 7.10. The van der Waals surface area contributed by atoms with Gasteiger partial charge in [-0.25, -0.2) is 0 Å². The Bertz CT molecular complexity index is 273. The molecule has 118 valence electrons. The summed E-state index contributed by atoms with van der Waals surface area (Å²) in [5, 5.41) is 0. The Morgan fingerprint density at radius 3 is 1.90 bits per heavy atom. The zero-order valence-electron chi connectivity index (χ0n) is 14.1. The second-order valence-corrected chi connectivity index (χ2v) is 6.08. The third kappa shape index (κ3) is 4.47. The summed E-state index contributed by atoms with van der Waals surface area (Å²) in [5.41, 5.74) is 0.564. The van der Waals surface area contributed by atoms with Gasteiger partial charge in [0.05, 0.1) is 0 Å². The van der Waals surface area contributed by atoms with Gasteiger partial charge < -0.3 is 9.80 Å². The van der Waals surface area contributed by atoms with Gasteiger partial charge in [0, 0.05) is 19.5 Å². The molecule has 2 aliphatic rings. The van der Waals surface area contributed by atoms with E-state index in [9.17, 15) is 4.79 Å². The second-order valence-electron chi connectivity index (χ2n) is 6.08. The maximum atomic E-state index is 11.7. The highest BCUT2D eigenvalue weighted by Crippen LogP contribution is 2.41. The van der Waals surface area contributed by atoms with Gasteiger partial charge in [-0.2, -0.15) is 0 Å². The van der Waals surface area contributed by atoms with Crippen LogP contribution in [0.15, 0.2) is 0 Å². The number of hydrogen-bond donors (Lipinski definition) is 0. The summed E-state index contributed by atoms with van der Waals surface area (Å²) in [6.45, 7) is 14.0. The molecule has 2 fully saturated rings. The van der Waals surface area contributed by atoms with Crippen LogP contribution in [0.25, 0.3) is 0 Å². The van der Waals surface area contributed by atoms with Crippen molar-refractivity contribution in [1.82, 2.24) is 9.80 Å². The average molecular weight is 282 g/mol. The zero-order chi connectivity index (χ0) is 15.0. The molecule has 0 N–H and O–H groups in total. The maximum Gasteiger partial charge on any atom is 0.222 e. The quantitative estimate of drug-likeness (QED) is 0.790. The molecular weight excluding hydrogens is 248 g/mol. The van der Waals surface area contributed by atoms with Crippen LogP contribution in [-0.4, -0.2) is 48.4 Å². The second kappa shape index (κ2) is 8.66. The third-order valence-electron chi connectivity index (χ3n) is 4.94. The van der Waals surface area contributed by atoms with Crippen LogP contribution in [-0.2, 0) is 4.79 Å². The minimum absolute atomic E-state index is 0.341. The first kappa shape index (κ1) is 17.5. The number of nitrogens with zero attached hydrogens (tertiary/aromatic N) is 2. The highest BCUT2D eigenvalue weighted by Gasteiger charge is 2.37. The lowest BCUT2D eigenvalue weighted by Gasteiger charge is -2.47. The Hall–Kier alpha value is -0.570. The highest BCUT2D eigenvalue weighted by atomic mass is 16.2. The van der Waals surface area contributed by atoms with Crippen LogP contribution in [0.2, 0.25) is 0 Å². The van der Waals surface area contributed by atoms with Crippen LogP contribution in [0.4, 0.5) is 0 Å². The maximum absolute atomic E-state index is 11.7. The summed E-state index contributed by atoms with van der Waals surface area (Å²) in [4.78, 5) is 16.4. The highest BCUT2D eigenvalue weighted by molar-refractivity contribution is 5.75. The lowest BCUT2D eigenvalue weighted by atomic mass is 9.71. The molecule has 20 heavy (non-hydrogen) atoms. The lowest BCUT2D eigenvalue weighted by molar-refractivity contribution is -0.133. The van der Waals surface area contributed by atoms with Crippen molar-refractivity contribution in [3.8, 4) is 0 Å². The Balaban J connectivity index is 0.000000956. The van der Waals surface area contributed by atoms with Gasteiger partial charge in [0.2, 0.25) is 5.91 Å². The van der Waals surface area contributed by atoms with Crippen molar-refractivity contribution in [1.29, 1.82) is 0 Å². The molecule has 2 saturated heterocycles. The van der Waals surface area contributed by atoms with E-state index < -0.39 is 0 Å². The topological polar surface area (TPSA) is 23.6 Å². The number of hydrogen-bond acceptors (Lipinski definition) is 2. The van der Waals surface area contributed by atoms with E-state index in [1.807, 2.05) is 20.8 Å². The smallest absolute Gasteiger partial charge is 0.222 e. The molecule has 2 heterocycles. The van der Waals surface area contributed by atoms with Crippen LogP contribution >= 0.6 is 0 Å². The Labute approximate surface area is 125 Å². The van der Waals surface area contributed by atoms with E-state index in [0.717, 1.165) is 13.1 Å². The fraction of sp³-hybridized carbons (Fsp3) is 0.941. The molecule has 0 radical (unpaired) electrons. The van der Waals surface area contributed by atoms with Crippen LogP contribution < -0.4 is 0 Å². The van der Waals surface area contributed by atoms with Crippen molar-refractivity contribution in [3.63, 3.8) is 0 Å². The Morgan fingerprint density at radius 2 is 1.45 bits per heavy atom. The molecule has 0 aromatic heterocycles. The van der Waals surface area contributed by atoms with Gasteiger partial charge in [0.15, 0.2) is 0 Å². The van der Waals surface area contributed by atoms with Crippen molar-refractivity contribution < 1.29 is 4.79 Å². The number of piperidine rings is 2. The summed E-state index contributed by atoms with van der Waals surface area (Å²) < 4.78 is 0. The minimum atomic E-state index is 0.341. The predicted molar refractivity (Wildman–Crippen MR) is 85.9 cm³/mol. The molecule has 1 spiro atoms. The molecule has 0 aromatic rings. The largest absolute Gasteiger partial charge is 0.343 e. The third-order valence-corrected chi connectivity index (χ3v) is 4.94. The molecule has 1 amide bonds. The molecule has 0 aliphatic carbocycles. The van der Waals surface area contributed by atoms with E-state index in [0.29, 0.717) is 17.7 Å². The molecule has 0 aromatic carbocycles. The molecule has 0 saturated carbocycles. The van der Waals surface area contributed by atoms with E-state index in [2.05, 4.69) is 16.7 Å². The van der Waals surface area contributed by atoms with E-state index in [1.54, 1.807) is 0 Å². The predicted octanol–water partition coefficient (Wildman–Crippen LogP) is 3.54. The fourth-order valence-electron chi connectivity index (χ4n) is 3.52. The van der Waals surface area contributed by atoms with Crippen molar-refractivity contribution >= 4 is 5.91 Å². The van der Waals surface area contributed by atoms with Gasteiger partial charge in [-0.15, -0.1) is 0 Å². The number of amides is 1. The number of carbonyl (C=O) groups is 1. The summed E-state index contributed by atoms with van der Waals surface area (Å²) >= 11 is 0. The number of likely N-dealkylation sites (tertiary alicyclic amines) is 2. The fourth-order valence-corrected chi connectivity index (χ4v) is 3.52. The van der Waals surface area contributed by atoms with Crippen molar-refractivity contribution in [2.24, 2.45) is 5.41 Å². The van der Waals surface area contributed by atoms with E-state index in [1.165, 1.54) is 51.7 Å². The van der Waals surface area contributed by atoms with Gasteiger partial charge >= 0.3 is 0 Å². The van der Waals surface area contributed by atoms with E-state index in [4.69, 9.17) is 0 Å². The Kier molecular flexibility index (Phi) is 7.57. The van der Waals surface area contributed by atoms with Crippen LogP contribution in [0.1, 0.15) is 66.2 Å². The SMILES string of the molecule is CC.CCCN1CCC2(CC1)CCN(C(=O)CC)CC2. The van der Waals surface area contributed by atoms with E-state index >= 15 is 0 Å².